The summed E-state index contributed by atoms with van der Waals surface area (Å²) in [6.07, 6.45) is 2.05. The summed E-state index contributed by atoms with van der Waals surface area (Å²) < 4.78 is 9.93. The third-order valence-electron chi connectivity index (χ3n) is 5.41. The lowest BCUT2D eigenvalue weighted by Gasteiger charge is -2.27. The molecule has 1 aromatic rings. The molecule has 0 N–H and O–H groups in total. The van der Waals surface area contributed by atoms with Gasteiger partial charge in [0.2, 0.25) is 23.6 Å². The number of esters is 1. The normalized spacial score (nSPS) is 10.7. The van der Waals surface area contributed by atoms with Gasteiger partial charge in [0.05, 0.1) is 44.2 Å². The Morgan fingerprint density at radius 2 is 1.18 bits per heavy atom. The number of carbonyl (C=O) groups is 6. The van der Waals surface area contributed by atoms with Gasteiger partial charge in [-0.05, 0) is 26.8 Å². The van der Waals surface area contributed by atoms with Gasteiger partial charge in [-0.1, -0.05) is 0 Å². The van der Waals surface area contributed by atoms with Gasteiger partial charge in [0.1, 0.15) is 12.1 Å². The molecule has 0 aliphatic heterocycles. The van der Waals surface area contributed by atoms with E-state index in [-0.39, 0.29) is 37.4 Å². The Morgan fingerprint density at radius 1 is 0.744 bits per heavy atom. The van der Waals surface area contributed by atoms with Crippen molar-refractivity contribution in [2.24, 2.45) is 0 Å². The van der Waals surface area contributed by atoms with Crippen LogP contribution in [0.15, 0.2) is 18.5 Å². The molecular weight excluding hydrogens is 512 g/mol. The van der Waals surface area contributed by atoms with Gasteiger partial charge in [-0.3, -0.25) is 24.2 Å². The fraction of sp³-hybridized carbons (Fsp3) is 0.560. The molecule has 5 amide bonds. The zero-order valence-electron chi connectivity index (χ0n) is 24.0. The molecule has 0 spiro atoms. The van der Waals surface area contributed by atoms with E-state index in [2.05, 4.69) is 4.98 Å². The number of hydrogen-bond donors (Lipinski definition) is 0. The number of likely N-dealkylation sites (N-methyl/N-ethyl adjacent to an activating group) is 5. The highest BCUT2D eigenvalue weighted by atomic mass is 16.6. The van der Waals surface area contributed by atoms with Crippen molar-refractivity contribution in [2.45, 2.75) is 26.4 Å². The second kappa shape index (κ2) is 14.1. The second-order valence-corrected chi connectivity index (χ2v) is 9.92. The van der Waals surface area contributed by atoms with E-state index in [1.807, 2.05) is 0 Å². The van der Waals surface area contributed by atoms with Gasteiger partial charge in [0, 0.05) is 41.4 Å². The number of methoxy groups -OCH3 is 1. The number of carbonyl (C=O) groups excluding carboxylic acids is 6. The number of hydrogen-bond acceptors (Lipinski definition) is 9. The summed E-state index contributed by atoms with van der Waals surface area (Å²) in [5, 5.41) is 0. The van der Waals surface area contributed by atoms with Crippen molar-refractivity contribution >= 4 is 41.4 Å². The van der Waals surface area contributed by atoms with Crippen LogP contribution in [0.2, 0.25) is 0 Å². The Bertz CT molecular complexity index is 1090. The van der Waals surface area contributed by atoms with Crippen LogP contribution < -0.4 is 4.90 Å². The minimum Gasteiger partial charge on any atom is -0.465 e. The van der Waals surface area contributed by atoms with Crippen molar-refractivity contribution in [3.63, 3.8) is 0 Å². The average Bonchev–Trinajstić information content (AvgIpc) is 2.86. The SMILES string of the molecule is COC(=O)c1ccncc1N(C)C(=O)CN(C)C(=O)CN(C)C(=O)CN(C)C(=O)CN(C)C(=O)OC(C)(C)C. The third-order valence-corrected chi connectivity index (χ3v) is 5.41. The molecule has 216 valence electrons. The Labute approximate surface area is 228 Å². The fourth-order valence-corrected chi connectivity index (χ4v) is 3.02. The summed E-state index contributed by atoms with van der Waals surface area (Å²) in [4.78, 5) is 84.2. The second-order valence-electron chi connectivity index (χ2n) is 9.92. The number of anilines is 1. The lowest BCUT2D eigenvalue weighted by atomic mass is 10.2. The van der Waals surface area contributed by atoms with Crippen molar-refractivity contribution < 1.29 is 38.2 Å². The van der Waals surface area contributed by atoms with Gasteiger partial charge in [-0.15, -0.1) is 0 Å². The molecule has 0 atom stereocenters. The Kier molecular flexibility index (Phi) is 11.8. The summed E-state index contributed by atoms with van der Waals surface area (Å²) in [6.45, 7) is 3.82. The van der Waals surface area contributed by atoms with E-state index in [4.69, 9.17) is 9.47 Å². The molecule has 0 fully saturated rings. The highest BCUT2D eigenvalue weighted by Gasteiger charge is 2.26. The predicted molar refractivity (Wildman–Crippen MR) is 141 cm³/mol. The minimum atomic E-state index is -0.719. The lowest BCUT2D eigenvalue weighted by molar-refractivity contribution is -0.142. The molecule has 0 aromatic carbocycles. The van der Waals surface area contributed by atoms with Gasteiger partial charge >= 0.3 is 12.1 Å². The first-order chi connectivity index (χ1) is 18.0. The standard InChI is InChI=1S/C25H38N6O8/c1-25(2,3)39-24(37)30(7)15-21(34)28(5)13-19(32)27(4)14-20(33)29(6)16-22(35)31(8)18-12-26-11-10-17(18)23(36)38-9/h10-12H,13-16H2,1-9H3. The summed E-state index contributed by atoms with van der Waals surface area (Å²) in [5.41, 5.74) is -0.366. The van der Waals surface area contributed by atoms with Crippen LogP contribution in [0.4, 0.5) is 10.5 Å². The Hall–Kier alpha value is -4.23. The molecule has 0 saturated heterocycles. The summed E-state index contributed by atoms with van der Waals surface area (Å²) in [5.74, 6) is -2.68. The average molecular weight is 551 g/mol. The number of pyridine rings is 1. The molecule has 1 rings (SSSR count). The van der Waals surface area contributed by atoms with E-state index < -0.39 is 41.3 Å². The van der Waals surface area contributed by atoms with E-state index in [9.17, 15) is 28.8 Å². The maximum atomic E-state index is 12.8. The van der Waals surface area contributed by atoms with Crippen LogP contribution in [-0.2, 0) is 28.7 Å². The Balaban J connectivity index is 2.66. The molecule has 0 unspecified atom stereocenters. The molecule has 14 nitrogen and oxygen atoms in total. The molecule has 1 heterocycles. The molecule has 14 heteroatoms. The molecule has 1 aromatic heterocycles. The van der Waals surface area contributed by atoms with Gasteiger partial charge in [0.25, 0.3) is 0 Å². The smallest absolute Gasteiger partial charge is 0.410 e. The zero-order chi connectivity index (χ0) is 30.1. The number of rotatable bonds is 10. The molecule has 0 aliphatic carbocycles. The monoisotopic (exact) mass is 550 g/mol. The van der Waals surface area contributed by atoms with Crippen LogP contribution in [0.1, 0.15) is 31.1 Å². The Morgan fingerprint density at radius 3 is 1.62 bits per heavy atom. The third kappa shape index (κ3) is 10.2. The van der Waals surface area contributed by atoms with Crippen molar-refractivity contribution in [1.82, 2.24) is 24.6 Å². The number of amides is 5. The molecule has 0 saturated carbocycles. The first-order valence-corrected chi connectivity index (χ1v) is 11.9. The van der Waals surface area contributed by atoms with Gasteiger partial charge in [0.15, 0.2) is 0 Å². The number of ether oxygens (including phenoxy) is 2. The highest BCUT2D eigenvalue weighted by Crippen LogP contribution is 2.19. The van der Waals surface area contributed by atoms with Crippen LogP contribution in [0.5, 0.6) is 0 Å². The van der Waals surface area contributed by atoms with E-state index in [0.29, 0.717) is 0 Å². The van der Waals surface area contributed by atoms with E-state index >= 15 is 0 Å². The largest absolute Gasteiger partial charge is 0.465 e. The summed E-state index contributed by atoms with van der Waals surface area (Å²) >= 11 is 0. The van der Waals surface area contributed by atoms with E-state index in [0.717, 1.165) is 19.6 Å². The lowest BCUT2D eigenvalue weighted by Crippen LogP contribution is -2.47. The van der Waals surface area contributed by atoms with Crippen LogP contribution in [0, 0.1) is 0 Å². The molecule has 39 heavy (non-hydrogen) atoms. The highest BCUT2D eigenvalue weighted by molar-refractivity contribution is 6.03. The van der Waals surface area contributed by atoms with Gasteiger partial charge < -0.3 is 34.0 Å². The first-order valence-electron chi connectivity index (χ1n) is 11.9. The predicted octanol–water partition coefficient (Wildman–Crippen LogP) is 0.0731. The minimum absolute atomic E-state index is 0.138. The van der Waals surface area contributed by atoms with Crippen molar-refractivity contribution in [3.05, 3.63) is 24.0 Å². The van der Waals surface area contributed by atoms with Crippen molar-refractivity contribution in [1.29, 1.82) is 0 Å². The van der Waals surface area contributed by atoms with Crippen LogP contribution in [0.25, 0.3) is 0 Å². The quantitative estimate of drug-likeness (QED) is 0.369. The van der Waals surface area contributed by atoms with Crippen LogP contribution >= 0.6 is 0 Å². The topological polar surface area (TPSA) is 150 Å². The van der Waals surface area contributed by atoms with Crippen molar-refractivity contribution in [2.75, 3.05) is 73.4 Å². The van der Waals surface area contributed by atoms with Gasteiger partial charge in [-0.25, -0.2) is 9.59 Å². The number of aromatic nitrogens is 1. The fourth-order valence-electron chi connectivity index (χ4n) is 3.02. The van der Waals surface area contributed by atoms with Crippen LogP contribution in [0.3, 0.4) is 0 Å². The van der Waals surface area contributed by atoms with E-state index in [1.165, 1.54) is 65.7 Å². The molecular formula is C25H38N6O8. The summed E-state index contributed by atoms with van der Waals surface area (Å²) in [7, 11) is 8.26. The summed E-state index contributed by atoms with van der Waals surface area (Å²) in [6, 6.07) is 1.41. The maximum Gasteiger partial charge on any atom is 0.410 e. The van der Waals surface area contributed by atoms with E-state index in [1.54, 1.807) is 20.8 Å². The van der Waals surface area contributed by atoms with Crippen molar-refractivity contribution in [3.8, 4) is 0 Å². The number of nitrogens with zero attached hydrogens (tertiary/aromatic N) is 6. The molecule has 0 aliphatic rings. The first kappa shape index (κ1) is 32.8. The van der Waals surface area contributed by atoms with Gasteiger partial charge in [-0.2, -0.15) is 0 Å². The van der Waals surface area contributed by atoms with Crippen LogP contribution in [-0.4, -0.2) is 134 Å². The zero-order valence-corrected chi connectivity index (χ0v) is 24.0. The molecule has 0 bridgehead atoms. The molecule has 0 radical (unpaired) electrons. The maximum absolute atomic E-state index is 12.8.